The molecule has 112 valence electrons. The zero-order valence-corrected chi connectivity index (χ0v) is 12.4. The summed E-state index contributed by atoms with van der Waals surface area (Å²) in [4.78, 5) is 12.5. The Bertz CT molecular complexity index is 775. The van der Waals surface area contributed by atoms with Gasteiger partial charge in [0.25, 0.3) is 0 Å². The molecule has 0 aromatic heterocycles. The molecule has 0 aliphatic heterocycles. The van der Waals surface area contributed by atoms with Gasteiger partial charge in [-0.1, -0.05) is 12.1 Å². The first-order valence-corrected chi connectivity index (χ1v) is 6.91. The molecule has 4 nitrogen and oxygen atoms in total. The molecule has 0 saturated carbocycles. The molecule has 0 saturated heterocycles. The highest BCUT2D eigenvalue weighted by Crippen LogP contribution is 2.32. The molecule has 0 fully saturated rings. The average Bonchev–Trinajstić information content (AvgIpc) is 2.83. The van der Waals surface area contributed by atoms with Gasteiger partial charge in [-0.05, 0) is 41.5 Å². The van der Waals surface area contributed by atoms with Crippen molar-refractivity contribution in [3.63, 3.8) is 0 Å². The highest BCUT2D eigenvalue weighted by Gasteiger charge is 2.25. The molecule has 1 aliphatic rings. The van der Waals surface area contributed by atoms with Gasteiger partial charge in [0.05, 0.1) is 14.2 Å². The number of hydrogen-bond donors (Lipinski definition) is 1. The van der Waals surface area contributed by atoms with Gasteiger partial charge in [0.2, 0.25) is 0 Å². The largest absolute Gasteiger partial charge is 0.504 e. The van der Waals surface area contributed by atoms with E-state index >= 15 is 0 Å². The van der Waals surface area contributed by atoms with E-state index in [0.717, 1.165) is 11.1 Å². The van der Waals surface area contributed by atoms with Crippen molar-refractivity contribution in [2.75, 3.05) is 14.2 Å². The van der Waals surface area contributed by atoms with Crippen molar-refractivity contribution in [1.29, 1.82) is 0 Å². The second-order valence-corrected chi connectivity index (χ2v) is 5.13. The van der Waals surface area contributed by atoms with E-state index in [1.54, 1.807) is 31.4 Å². The van der Waals surface area contributed by atoms with Crippen molar-refractivity contribution >= 4 is 11.9 Å². The van der Waals surface area contributed by atoms with Crippen LogP contribution < -0.4 is 9.47 Å². The molecular weight excluding hydrogens is 280 g/mol. The Morgan fingerprint density at radius 3 is 2.59 bits per heavy atom. The third-order valence-corrected chi connectivity index (χ3v) is 3.78. The molecule has 0 heterocycles. The maximum atomic E-state index is 12.5. The van der Waals surface area contributed by atoms with Crippen LogP contribution in [0.1, 0.15) is 21.5 Å². The van der Waals surface area contributed by atoms with E-state index in [-0.39, 0.29) is 11.5 Å². The Balaban J connectivity index is 1.94. The molecule has 22 heavy (non-hydrogen) atoms. The van der Waals surface area contributed by atoms with Crippen molar-refractivity contribution in [3.8, 4) is 17.2 Å². The minimum absolute atomic E-state index is 0.00390. The number of rotatable bonds is 3. The number of phenolic OH excluding ortho intramolecular Hbond substituents is 1. The number of carbonyl (C=O) groups is 1. The summed E-state index contributed by atoms with van der Waals surface area (Å²) in [7, 11) is 3.08. The normalized spacial score (nSPS) is 15.0. The fourth-order valence-electron chi connectivity index (χ4n) is 2.62. The first-order valence-electron chi connectivity index (χ1n) is 6.91. The number of phenols is 1. The summed E-state index contributed by atoms with van der Waals surface area (Å²) in [5.41, 5.74) is 3.15. The summed E-state index contributed by atoms with van der Waals surface area (Å²) in [6.07, 6.45) is 2.39. The fourth-order valence-corrected chi connectivity index (χ4v) is 2.62. The Kier molecular flexibility index (Phi) is 3.59. The van der Waals surface area contributed by atoms with Crippen LogP contribution >= 0.6 is 0 Å². The lowest BCUT2D eigenvalue weighted by Crippen LogP contribution is -1.96. The van der Waals surface area contributed by atoms with Crippen LogP contribution in [0.5, 0.6) is 17.2 Å². The van der Waals surface area contributed by atoms with E-state index in [1.165, 1.54) is 7.11 Å². The zero-order valence-electron chi connectivity index (χ0n) is 12.4. The van der Waals surface area contributed by atoms with E-state index in [1.807, 2.05) is 18.2 Å². The van der Waals surface area contributed by atoms with Gasteiger partial charge in [-0.15, -0.1) is 0 Å². The van der Waals surface area contributed by atoms with Gasteiger partial charge in [-0.3, -0.25) is 4.79 Å². The van der Waals surface area contributed by atoms with E-state index in [4.69, 9.17) is 9.47 Å². The molecule has 1 N–H and O–H groups in total. The first-order chi connectivity index (χ1) is 10.6. The molecule has 0 unspecified atom stereocenters. The Hall–Kier alpha value is -2.75. The number of ether oxygens (including phenoxy) is 2. The Labute approximate surface area is 128 Å². The van der Waals surface area contributed by atoms with Crippen LogP contribution in [0.4, 0.5) is 0 Å². The summed E-state index contributed by atoms with van der Waals surface area (Å²) < 4.78 is 10.2. The van der Waals surface area contributed by atoms with Gasteiger partial charge in [-0.25, -0.2) is 0 Å². The van der Waals surface area contributed by atoms with E-state index in [0.29, 0.717) is 29.1 Å². The monoisotopic (exact) mass is 296 g/mol. The molecule has 3 rings (SSSR count). The second-order valence-electron chi connectivity index (χ2n) is 5.13. The van der Waals surface area contributed by atoms with E-state index in [9.17, 15) is 9.90 Å². The molecule has 0 radical (unpaired) electrons. The molecule has 2 aromatic carbocycles. The molecule has 0 bridgehead atoms. The molecule has 4 heteroatoms. The fraction of sp³-hybridized carbons (Fsp3) is 0.167. The predicted octanol–water partition coefficient (Wildman–Crippen LogP) is 3.23. The summed E-state index contributed by atoms with van der Waals surface area (Å²) in [5, 5.41) is 9.82. The van der Waals surface area contributed by atoms with Gasteiger partial charge < -0.3 is 14.6 Å². The lowest BCUT2D eigenvalue weighted by Gasteiger charge is -2.04. The molecule has 0 amide bonds. The molecular formula is C18H16O4. The Morgan fingerprint density at radius 1 is 1.09 bits per heavy atom. The van der Waals surface area contributed by atoms with E-state index in [2.05, 4.69) is 0 Å². The van der Waals surface area contributed by atoms with Crippen LogP contribution in [0, 0.1) is 0 Å². The standard InChI is InChI=1S/C18H16O4/c1-21-14-5-4-12-9-13(18(20)15(12)10-14)7-11-3-6-17(22-2)16(19)8-11/h3-8,10,19H,9H2,1-2H3/b13-7+. The van der Waals surface area contributed by atoms with Crippen LogP contribution in [0.25, 0.3) is 6.08 Å². The van der Waals surface area contributed by atoms with E-state index < -0.39 is 0 Å². The Morgan fingerprint density at radius 2 is 1.91 bits per heavy atom. The summed E-state index contributed by atoms with van der Waals surface area (Å²) in [6, 6.07) is 10.6. The molecule has 0 atom stereocenters. The zero-order chi connectivity index (χ0) is 15.7. The number of fused-ring (bicyclic) bond motifs is 1. The maximum absolute atomic E-state index is 12.5. The van der Waals surface area contributed by atoms with Crippen LogP contribution in [-0.2, 0) is 6.42 Å². The van der Waals surface area contributed by atoms with Gasteiger partial charge in [0, 0.05) is 17.6 Å². The number of benzene rings is 2. The predicted molar refractivity (Wildman–Crippen MR) is 83.7 cm³/mol. The van der Waals surface area contributed by atoms with Crippen LogP contribution in [0.3, 0.4) is 0 Å². The summed E-state index contributed by atoms with van der Waals surface area (Å²) in [5.74, 6) is 1.15. The molecule has 0 spiro atoms. The van der Waals surface area contributed by atoms with Crippen LogP contribution in [0.2, 0.25) is 0 Å². The number of hydrogen-bond acceptors (Lipinski definition) is 4. The number of Topliss-reactive ketones (excluding diaryl/α,β-unsaturated/α-hetero) is 1. The topological polar surface area (TPSA) is 55.8 Å². The van der Waals surface area contributed by atoms with Crippen LogP contribution in [-0.4, -0.2) is 25.1 Å². The number of aromatic hydroxyl groups is 1. The molecule has 2 aromatic rings. The van der Waals surface area contributed by atoms with Crippen molar-refractivity contribution in [1.82, 2.24) is 0 Å². The van der Waals surface area contributed by atoms with Crippen molar-refractivity contribution in [2.45, 2.75) is 6.42 Å². The third kappa shape index (κ3) is 2.44. The highest BCUT2D eigenvalue weighted by molar-refractivity contribution is 6.15. The summed E-state index contributed by atoms with van der Waals surface area (Å²) in [6.45, 7) is 0. The summed E-state index contributed by atoms with van der Waals surface area (Å²) >= 11 is 0. The number of allylic oxidation sites excluding steroid dienone is 1. The average molecular weight is 296 g/mol. The second kappa shape index (κ2) is 5.56. The van der Waals surface area contributed by atoms with Crippen molar-refractivity contribution in [2.24, 2.45) is 0 Å². The van der Waals surface area contributed by atoms with Crippen molar-refractivity contribution in [3.05, 3.63) is 58.7 Å². The molecule has 1 aliphatic carbocycles. The number of methoxy groups -OCH3 is 2. The van der Waals surface area contributed by atoms with Gasteiger partial charge >= 0.3 is 0 Å². The SMILES string of the molecule is COc1ccc2c(c1)C(=O)/C(=C/c1ccc(OC)c(O)c1)C2. The minimum Gasteiger partial charge on any atom is -0.504 e. The van der Waals surface area contributed by atoms with Crippen LogP contribution in [0.15, 0.2) is 42.0 Å². The first kappa shape index (κ1) is 14.2. The smallest absolute Gasteiger partial charge is 0.189 e. The lowest BCUT2D eigenvalue weighted by atomic mass is 10.1. The quantitative estimate of drug-likeness (QED) is 0.884. The highest BCUT2D eigenvalue weighted by atomic mass is 16.5. The van der Waals surface area contributed by atoms with Gasteiger partial charge in [-0.2, -0.15) is 0 Å². The maximum Gasteiger partial charge on any atom is 0.189 e. The van der Waals surface area contributed by atoms with Crippen molar-refractivity contribution < 1.29 is 19.4 Å². The lowest BCUT2D eigenvalue weighted by molar-refractivity contribution is 0.104. The number of carbonyl (C=O) groups excluding carboxylic acids is 1. The minimum atomic E-state index is 0.00390. The van der Waals surface area contributed by atoms with Gasteiger partial charge in [0.15, 0.2) is 17.3 Å². The number of ketones is 1. The third-order valence-electron chi connectivity index (χ3n) is 3.78. The van der Waals surface area contributed by atoms with Gasteiger partial charge in [0.1, 0.15) is 5.75 Å².